The molecule has 0 nitrogen and oxygen atoms in total. The van der Waals surface area contributed by atoms with Gasteiger partial charge < -0.3 is 0 Å². The molecule has 76 valence electrons. The van der Waals surface area contributed by atoms with Gasteiger partial charge in [-0.3, -0.25) is 0 Å². The van der Waals surface area contributed by atoms with Gasteiger partial charge in [-0.05, 0) is 22.3 Å². The largest absolute Gasteiger partial charge is 0.0616 e. The fraction of sp³-hybridized carbons (Fsp3) is 0. The number of rotatable bonds is 0. The van der Waals surface area contributed by atoms with Crippen LogP contribution in [0.25, 0.3) is 0 Å². The summed E-state index contributed by atoms with van der Waals surface area (Å²) in [6.45, 7) is 0. The molecular formula is C16H12. The summed E-state index contributed by atoms with van der Waals surface area (Å²) in [5, 5.41) is 0. The monoisotopic (exact) mass is 204 g/mol. The van der Waals surface area contributed by atoms with Crippen molar-refractivity contribution in [3.8, 4) is 0 Å². The van der Waals surface area contributed by atoms with Gasteiger partial charge in [0.25, 0.3) is 0 Å². The molecule has 0 radical (unpaired) electrons. The van der Waals surface area contributed by atoms with Crippen LogP contribution in [0.2, 0.25) is 0 Å². The Bertz CT molecular complexity index is 505. The third kappa shape index (κ3) is 1.49. The maximum atomic E-state index is 2.16. The third-order valence-electron chi connectivity index (χ3n) is 2.85. The Morgan fingerprint density at radius 1 is 0.500 bits per heavy atom. The minimum absolute atomic E-state index is 1.27. The molecule has 0 aromatic carbocycles. The van der Waals surface area contributed by atoms with Crippen LogP contribution in [-0.4, -0.2) is 0 Å². The van der Waals surface area contributed by atoms with Crippen LogP contribution in [0.15, 0.2) is 95.2 Å². The van der Waals surface area contributed by atoms with E-state index in [9.17, 15) is 0 Å². The van der Waals surface area contributed by atoms with E-state index in [1.165, 1.54) is 22.3 Å². The van der Waals surface area contributed by atoms with Gasteiger partial charge in [-0.25, -0.2) is 0 Å². The number of hydrogen-bond donors (Lipinski definition) is 0. The Hall–Kier alpha value is -2.08. The van der Waals surface area contributed by atoms with Gasteiger partial charge >= 0.3 is 0 Å². The van der Waals surface area contributed by atoms with E-state index in [1.807, 2.05) is 0 Å². The molecule has 0 saturated carbocycles. The van der Waals surface area contributed by atoms with Crippen molar-refractivity contribution in [3.63, 3.8) is 0 Å². The van der Waals surface area contributed by atoms with Crippen molar-refractivity contribution in [2.24, 2.45) is 0 Å². The summed E-state index contributed by atoms with van der Waals surface area (Å²) in [7, 11) is 0. The summed E-state index contributed by atoms with van der Waals surface area (Å²) in [5.74, 6) is 0. The molecule has 0 unspecified atom stereocenters. The number of allylic oxidation sites excluding steroid dienone is 16. The summed E-state index contributed by atoms with van der Waals surface area (Å²) in [4.78, 5) is 0. The molecule has 0 spiro atoms. The van der Waals surface area contributed by atoms with Crippen LogP contribution in [0.1, 0.15) is 0 Å². The van der Waals surface area contributed by atoms with Crippen LogP contribution in [-0.2, 0) is 0 Å². The molecule has 0 fully saturated rings. The molecular weight excluding hydrogens is 192 g/mol. The maximum Gasteiger partial charge on any atom is -0.00389 e. The first-order valence-corrected chi connectivity index (χ1v) is 5.48. The van der Waals surface area contributed by atoms with Crippen LogP contribution in [0.3, 0.4) is 0 Å². The first-order chi connectivity index (χ1) is 7.95. The second kappa shape index (κ2) is 3.82. The lowest BCUT2D eigenvalue weighted by Crippen LogP contribution is -1.92. The molecule has 16 heavy (non-hydrogen) atoms. The van der Waals surface area contributed by atoms with Crippen LogP contribution < -0.4 is 0 Å². The van der Waals surface area contributed by atoms with Gasteiger partial charge in [0, 0.05) is 0 Å². The first kappa shape index (κ1) is 9.17. The lowest BCUT2D eigenvalue weighted by Gasteiger charge is -2.10. The minimum Gasteiger partial charge on any atom is -0.0616 e. The Kier molecular flexibility index (Phi) is 2.19. The minimum atomic E-state index is 1.27. The molecule has 0 aromatic heterocycles. The van der Waals surface area contributed by atoms with Crippen molar-refractivity contribution in [3.05, 3.63) is 95.2 Å². The second-order valence-electron chi connectivity index (χ2n) is 3.90. The zero-order chi connectivity index (χ0) is 10.8. The van der Waals surface area contributed by atoms with Gasteiger partial charge in [-0.2, -0.15) is 0 Å². The zero-order valence-corrected chi connectivity index (χ0v) is 8.93. The summed E-state index contributed by atoms with van der Waals surface area (Å²) in [5.41, 5.74) is 5.14. The normalized spacial score (nSPS) is 21.0. The van der Waals surface area contributed by atoms with Crippen molar-refractivity contribution in [1.82, 2.24) is 0 Å². The van der Waals surface area contributed by atoms with E-state index in [1.54, 1.807) is 0 Å². The van der Waals surface area contributed by atoms with E-state index in [0.717, 1.165) is 0 Å². The fourth-order valence-electron chi connectivity index (χ4n) is 2.12. The summed E-state index contributed by atoms with van der Waals surface area (Å²) in [6.07, 6.45) is 25.5. The SMILES string of the molecule is C1=CC=C2C=CC=CC3=C2C(=C1)C=CC=C3. The van der Waals surface area contributed by atoms with Gasteiger partial charge in [-0.1, -0.05) is 72.9 Å². The molecule has 0 atom stereocenters. The van der Waals surface area contributed by atoms with E-state index >= 15 is 0 Å². The lowest BCUT2D eigenvalue weighted by atomic mass is 9.94. The molecule has 0 N–H and O–H groups in total. The molecule has 3 rings (SSSR count). The van der Waals surface area contributed by atoms with Gasteiger partial charge in [-0.15, -0.1) is 0 Å². The molecule has 3 aliphatic carbocycles. The van der Waals surface area contributed by atoms with Gasteiger partial charge in [0.1, 0.15) is 0 Å². The summed E-state index contributed by atoms with van der Waals surface area (Å²) >= 11 is 0. The molecule has 0 heterocycles. The van der Waals surface area contributed by atoms with Crippen LogP contribution in [0.4, 0.5) is 0 Å². The van der Waals surface area contributed by atoms with E-state index in [-0.39, 0.29) is 0 Å². The molecule has 0 aliphatic heterocycles. The van der Waals surface area contributed by atoms with Crippen molar-refractivity contribution in [2.45, 2.75) is 0 Å². The highest BCUT2D eigenvalue weighted by Gasteiger charge is 2.13. The third-order valence-corrected chi connectivity index (χ3v) is 2.85. The Labute approximate surface area is 95.7 Å². The quantitative estimate of drug-likeness (QED) is 0.560. The zero-order valence-electron chi connectivity index (χ0n) is 8.93. The highest BCUT2D eigenvalue weighted by Crippen LogP contribution is 2.31. The molecule has 0 aromatic rings. The van der Waals surface area contributed by atoms with E-state index in [4.69, 9.17) is 0 Å². The number of hydrogen-bond acceptors (Lipinski definition) is 0. The maximum absolute atomic E-state index is 2.16. The molecule has 3 aliphatic rings. The van der Waals surface area contributed by atoms with Crippen molar-refractivity contribution < 1.29 is 0 Å². The Morgan fingerprint density at radius 2 is 1.00 bits per heavy atom. The fourth-order valence-corrected chi connectivity index (χ4v) is 2.12. The van der Waals surface area contributed by atoms with Crippen LogP contribution in [0, 0.1) is 0 Å². The molecule has 0 heteroatoms. The van der Waals surface area contributed by atoms with Crippen molar-refractivity contribution in [2.75, 3.05) is 0 Å². The van der Waals surface area contributed by atoms with E-state index in [2.05, 4.69) is 72.9 Å². The summed E-state index contributed by atoms with van der Waals surface area (Å²) < 4.78 is 0. The van der Waals surface area contributed by atoms with Crippen LogP contribution in [0.5, 0.6) is 0 Å². The van der Waals surface area contributed by atoms with Crippen LogP contribution >= 0.6 is 0 Å². The Morgan fingerprint density at radius 3 is 1.56 bits per heavy atom. The molecule has 0 amide bonds. The lowest BCUT2D eigenvalue weighted by molar-refractivity contribution is 1.44. The highest BCUT2D eigenvalue weighted by atomic mass is 14.2. The second-order valence-corrected chi connectivity index (χ2v) is 3.90. The molecule has 0 saturated heterocycles. The molecule has 0 bridgehead atoms. The van der Waals surface area contributed by atoms with E-state index in [0.29, 0.717) is 0 Å². The van der Waals surface area contributed by atoms with Gasteiger partial charge in [0.2, 0.25) is 0 Å². The Balaban J connectivity index is 2.31. The highest BCUT2D eigenvalue weighted by molar-refractivity contribution is 5.67. The average molecular weight is 204 g/mol. The predicted molar refractivity (Wildman–Crippen MR) is 68.9 cm³/mol. The smallest absolute Gasteiger partial charge is 0.00389 e. The predicted octanol–water partition coefficient (Wildman–Crippen LogP) is 3.96. The van der Waals surface area contributed by atoms with Gasteiger partial charge in [0.15, 0.2) is 0 Å². The van der Waals surface area contributed by atoms with Gasteiger partial charge in [0.05, 0.1) is 0 Å². The average Bonchev–Trinajstić information content (AvgIpc) is 2.68. The van der Waals surface area contributed by atoms with E-state index < -0.39 is 0 Å². The standard InChI is InChI=1S/C16H12/c1-2-8-14-10-5-6-12-15-11-4-3-9-13(7-1)16(14)15/h1-12H. The van der Waals surface area contributed by atoms with Crippen molar-refractivity contribution in [1.29, 1.82) is 0 Å². The topological polar surface area (TPSA) is 0 Å². The summed E-state index contributed by atoms with van der Waals surface area (Å²) in [6, 6.07) is 0. The first-order valence-electron chi connectivity index (χ1n) is 5.48. The van der Waals surface area contributed by atoms with Crippen molar-refractivity contribution >= 4 is 0 Å².